The molecule has 0 radical (unpaired) electrons. The molecule has 0 aliphatic rings. The van der Waals surface area contributed by atoms with Gasteiger partial charge in [0.1, 0.15) is 5.82 Å². The maximum atomic E-state index is 12.6. The topological polar surface area (TPSA) is 71.5 Å². The van der Waals surface area contributed by atoms with E-state index >= 15 is 0 Å². The highest BCUT2D eigenvalue weighted by molar-refractivity contribution is 6.07. The molecule has 1 aromatic heterocycles. The number of aromatic nitrogens is 1. The summed E-state index contributed by atoms with van der Waals surface area (Å²) in [4.78, 5) is 30.9. The van der Waals surface area contributed by atoms with Crippen molar-refractivity contribution in [1.82, 2.24) is 4.98 Å². The van der Waals surface area contributed by atoms with Gasteiger partial charge >= 0.3 is 5.97 Å². The number of anilines is 3. The Hall–Kier alpha value is -3.67. The summed E-state index contributed by atoms with van der Waals surface area (Å²) < 4.78 is 5.03. The molecule has 0 bridgehead atoms. The number of nitrogens with one attached hydrogen (secondary N) is 1. The fourth-order valence-electron chi connectivity index (χ4n) is 2.68. The van der Waals surface area contributed by atoms with Crippen LogP contribution in [0, 0.1) is 0 Å². The van der Waals surface area contributed by atoms with Crippen LogP contribution in [-0.2, 0) is 4.74 Å². The first kappa shape index (κ1) is 19.1. The van der Waals surface area contributed by atoms with Crippen LogP contribution in [0.5, 0.6) is 0 Å². The van der Waals surface area contributed by atoms with Gasteiger partial charge in [-0.3, -0.25) is 4.79 Å². The third kappa shape index (κ3) is 4.35. The fourth-order valence-corrected chi connectivity index (χ4v) is 2.68. The van der Waals surface area contributed by atoms with Crippen molar-refractivity contribution in [3.63, 3.8) is 0 Å². The summed E-state index contributed by atoms with van der Waals surface area (Å²) in [7, 11) is 1.91. The molecule has 1 N–H and O–H groups in total. The third-order valence-corrected chi connectivity index (χ3v) is 4.17. The second-order valence-electron chi connectivity index (χ2n) is 6.02. The molecule has 1 heterocycles. The van der Waals surface area contributed by atoms with Gasteiger partial charge in [0.2, 0.25) is 0 Å². The lowest BCUT2D eigenvalue weighted by Crippen LogP contribution is -2.17. The van der Waals surface area contributed by atoms with E-state index in [0.29, 0.717) is 16.8 Å². The number of hydrogen-bond donors (Lipinski definition) is 1. The number of carbonyl (C=O) groups is 2. The number of benzene rings is 2. The van der Waals surface area contributed by atoms with Gasteiger partial charge in [0.05, 0.1) is 23.4 Å². The van der Waals surface area contributed by atoms with Crippen molar-refractivity contribution in [2.45, 2.75) is 6.92 Å². The van der Waals surface area contributed by atoms with Gasteiger partial charge in [0.15, 0.2) is 0 Å². The standard InChI is InChI=1S/C22H21N3O3/c1-3-28-22(27)18-11-7-8-12-19(18)24-21(26)16-13-14-20(23-15-16)25(2)17-9-5-4-6-10-17/h4-15H,3H2,1-2H3,(H,24,26). The number of ether oxygens (including phenoxy) is 1. The molecule has 142 valence electrons. The minimum atomic E-state index is -0.476. The normalized spacial score (nSPS) is 10.2. The first-order valence-corrected chi connectivity index (χ1v) is 8.92. The molecule has 0 aliphatic heterocycles. The number of amides is 1. The zero-order valence-corrected chi connectivity index (χ0v) is 15.8. The molecule has 28 heavy (non-hydrogen) atoms. The average molecular weight is 375 g/mol. The Bertz CT molecular complexity index is 956. The summed E-state index contributed by atoms with van der Waals surface area (Å²) in [5.41, 5.74) is 2.10. The average Bonchev–Trinajstić information content (AvgIpc) is 2.74. The third-order valence-electron chi connectivity index (χ3n) is 4.17. The highest BCUT2D eigenvalue weighted by atomic mass is 16.5. The number of para-hydroxylation sites is 2. The molecule has 3 aromatic rings. The van der Waals surface area contributed by atoms with E-state index in [1.165, 1.54) is 6.20 Å². The molecule has 1 amide bonds. The molecule has 6 nitrogen and oxygen atoms in total. The Kier molecular flexibility index (Phi) is 6.01. The highest BCUT2D eigenvalue weighted by Crippen LogP contribution is 2.22. The van der Waals surface area contributed by atoms with Crippen molar-refractivity contribution >= 4 is 29.1 Å². The van der Waals surface area contributed by atoms with Crippen LogP contribution >= 0.6 is 0 Å². The molecule has 3 rings (SSSR count). The van der Waals surface area contributed by atoms with Crippen molar-refractivity contribution in [2.75, 3.05) is 23.9 Å². The van der Waals surface area contributed by atoms with Gasteiger partial charge in [-0.15, -0.1) is 0 Å². The van der Waals surface area contributed by atoms with Gasteiger partial charge < -0.3 is 15.0 Å². The van der Waals surface area contributed by atoms with Crippen LogP contribution in [0.2, 0.25) is 0 Å². The molecule has 0 aliphatic carbocycles. The molecule has 6 heteroatoms. The zero-order chi connectivity index (χ0) is 19.9. The Balaban J connectivity index is 1.75. The van der Waals surface area contributed by atoms with Gasteiger partial charge in [0, 0.05) is 18.9 Å². The second-order valence-corrected chi connectivity index (χ2v) is 6.02. The Morgan fingerprint density at radius 2 is 1.71 bits per heavy atom. The predicted molar refractivity (Wildman–Crippen MR) is 109 cm³/mol. The summed E-state index contributed by atoms with van der Waals surface area (Å²) in [6.45, 7) is 2.00. The number of rotatable bonds is 6. The molecule has 0 fully saturated rings. The van der Waals surface area contributed by atoms with Crippen molar-refractivity contribution in [1.29, 1.82) is 0 Å². The molecular weight excluding hydrogens is 354 g/mol. The Morgan fingerprint density at radius 3 is 2.39 bits per heavy atom. The van der Waals surface area contributed by atoms with E-state index in [-0.39, 0.29) is 12.5 Å². The van der Waals surface area contributed by atoms with Crippen molar-refractivity contribution in [2.24, 2.45) is 0 Å². The lowest BCUT2D eigenvalue weighted by molar-refractivity contribution is 0.0527. The zero-order valence-electron chi connectivity index (χ0n) is 15.8. The second kappa shape index (κ2) is 8.81. The molecule has 0 saturated carbocycles. The van der Waals surface area contributed by atoms with E-state index in [1.807, 2.05) is 42.3 Å². The smallest absolute Gasteiger partial charge is 0.340 e. The summed E-state index contributed by atoms with van der Waals surface area (Å²) in [6.07, 6.45) is 1.51. The van der Waals surface area contributed by atoms with E-state index in [1.54, 1.807) is 43.3 Å². The largest absolute Gasteiger partial charge is 0.462 e. The summed E-state index contributed by atoms with van der Waals surface area (Å²) >= 11 is 0. The van der Waals surface area contributed by atoms with Crippen LogP contribution in [0.1, 0.15) is 27.6 Å². The minimum absolute atomic E-state index is 0.265. The predicted octanol–water partition coefficient (Wildman–Crippen LogP) is 4.28. The molecular formula is C22H21N3O3. The van der Waals surface area contributed by atoms with Gasteiger partial charge in [-0.05, 0) is 43.3 Å². The Morgan fingerprint density at radius 1 is 1.00 bits per heavy atom. The van der Waals surface area contributed by atoms with E-state index in [0.717, 1.165) is 11.5 Å². The SMILES string of the molecule is CCOC(=O)c1ccccc1NC(=O)c1ccc(N(C)c2ccccc2)nc1. The number of esters is 1. The maximum Gasteiger partial charge on any atom is 0.340 e. The van der Waals surface area contributed by atoms with E-state index in [4.69, 9.17) is 4.74 Å². The number of pyridine rings is 1. The summed E-state index contributed by atoms with van der Waals surface area (Å²) in [6, 6.07) is 20.0. The van der Waals surface area contributed by atoms with E-state index in [2.05, 4.69) is 10.3 Å². The minimum Gasteiger partial charge on any atom is -0.462 e. The number of nitrogens with zero attached hydrogens (tertiary/aromatic N) is 2. The van der Waals surface area contributed by atoms with Crippen LogP contribution in [0.15, 0.2) is 72.9 Å². The monoisotopic (exact) mass is 375 g/mol. The van der Waals surface area contributed by atoms with Crippen LogP contribution < -0.4 is 10.2 Å². The van der Waals surface area contributed by atoms with Crippen molar-refractivity contribution < 1.29 is 14.3 Å². The lowest BCUT2D eigenvalue weighted by Gasteiger charge is -2.18. The van der Waals surface area contributed by atoms with E-state index in [9.17, 15) is 9.59 Å². The summed E-state index contributed by atoms with van der Waals surface area (Å²) in [5.74, 6) is -0.107. The van der Waals surface area contributed by atoms with Crippen molar-refractivity contribution in [3.05, 3.63) is 84.1 Å². The molecule has 2 aromatic carbocycles. The first-order chi connectivity index (χ1) is 13.6. The number of hydrogen-bond acceptors (Lipinski definition) is 5. The van der Waals surface area contributed by atoms with E-state index < -0.39 is 5.97 Å². The molecule has 0 saturated heterocycles. The maximum absolute atomic E-state index is 12.6. The highest BCUT2D eigenvalue weighted by Gasteiger charge is 2.15. The quantitative estimate of drug-likeness (QED) is 0.651. The summed E-state index contributed by atoms with van der Waals surface area (Å²) in [5, 5.41) is 2.75. The fraction of sp³-hybridized carbons (Fsp3) is 0.136. The van der Waals surface area contributed by atoms with Crippen molar-refractivity contribution in [3.8, 4) is 0 Å². The Labute approximate surface area is 163 Å². The van der Waals surface area contributed by atoms with Gasteiger partial charge in [-0.25, -0.2) is 9.78 Å². The van der Waals surface area contributed by atoms with Crippen LogP contribution in [0.3, 0.4) is 0 Å². The lowest BCUT2D eigenvalue weighted by atomic mass is 10.1. The first-order valence-electron chi connectivity index (χ1n) is 8.92. The van der Waals surface area contributed by atoms with Gasteiger partial charge in [-0.2, -0.15) is 0 Å². The van der Waals surface area contributed by atoms with Crippen LogP contribution in [-0.4, -0.2) is 30.5 Å². The van der Waals surface area contributed by atoms with Crippen LogP contribution in [0.4, 0.5) is 17.2 Å². The van der Waals surface area contributed by atoms with Gasteiger partial charge in [0.25, 0.3) is 5.91 Å². The molecule has 0 unspecified atom stereocenters. The van der Waals surface area contributed by atoms with Gasteiger partial charge in [-0.1, -0.05) is 30.3 Å². The number of carbonyl (C=O) groups excluding carboxylic acids is 2. The van der Waals surface area contributed by atoms with Crippen LogP contribution in [0.25, 0.3) is 0 Å². The molecule has 0 atom stereocenters. The molecule has 0 spiro atoms.